The fourth-order valence-corrected chi connectivity index (χ4v) is 3.97. The maximum atomic E-state index is 10.4. The smallest absolute Gasteiger partial charge is 0.166 e. The highest BCUT2D eigenvalue weighted by molar-refractivity contribution is 5.83. The van der Waals surface area contributed by atoms with E-state index in [0.717, 1.165) is 0 Å². The Morgan fingerprint density at radius 3 is 2.82 bits per heavy atom. The van der Waals surface area contributed by atoms with Gasteiger partial charge in [-0.05, 0) is 19.3 Å². The SMILES string of the molecule is CNc1nc(C)nc2c1ncn2[C@H]1C(O)[C@@H](O)[C@]2(CO)C[C@H]12. The van der Waals surface area contributed by atoms with E-state index >= 15 is 0 Å². The quantitative estimate of drug-likeness (QED) is 0.601. The standard InChI is InChI=1S/C14H19N5O3/c1-6-17-12(15-2)8-13(18-6)19(5-16-8)9-7-3-14(7,4-20)11(22)10(9)21/h5,7,9-11,20-22H,3-4H2,1-2H3,(H,15,17,18)/t7-,9-,10?,11-,14+/m1/s1. The molecule has 2 heterocycles. The number of aryl methyl sites for hydroxylation is 1. The van der Waals surface area contributed by atoms with Crippen molar-refractivity contribution in [2.24, 2.45) is 11.3 Å². The summed E-state index contributed by atoms with van der Waals surface area (Å²) in [6.45, 7) is 1.68. The first-order chi connectivity index (χ1) is 10.5. The fraction of sp³-hybridized carbons (Fsp3) is 0.643. The molecule has 0 radical (unpaired) electrons. The van der Waals surface area contributed by atoms with Crippen LogP contribution in [0.25, 0.3) is 11.2 Å². The van der Waals surface area contributed by atoms with E-state index in [0.29, 0.717) is 29.2 Å². The van der Waals surface area contributed by atoms with Crippen LogP contribution in [0.15, 0.2) is 6.33 Å². The lowest BCUT2D eigenvalue weighted by Gasteiger charge is -2.23. The van der Waals surface area contributed by atoms with E-state index < -0.39 is 17.6 Å². The topological polar surface area (TPSA) is 116 Å². The van der Waals surface area contributed by atoms with Crippen molar-refractivity contribution in [3.63, 3.8) is 0 Å². The van der Waals surface area contributed by atoms with Gasteiger partial charge in [-0.2, -0.15) is 0 Å². The number of rotatable bonds is 3. The van der Waals surface area contributed by atoms with Crippen LogP contribution in [0.5, 0.6) is 0 Å². The highest BCUT2D eigenvalue weighted by Crippen LogP contribution is 2.67. The lowest BCUT2D eigenvalue weighted by molar-refractivity contribution is -0.0300. The molecule has 1 unspecified atom stereocenters. The minimum atomic E-state index is -0.934. The minimum absolute atomic E-state index is 0.0354. The van der Waals surface area contributed by atoms with Gasteiger partial charge in [-0.3, -0.25) is 0 Å². The molecule has 0 aromatic carbocycles. The molecule has 0 bridgehead atoms. The minimum Gasteiger partial charge on any atom is -0.396 e. The lowest BCUT2D eigenvalue weighted by atomic mass is 10.0. The molecule has 0 amide bonds. The van der Waals surface area contributed by atoms with Crippen LogP contribution in [0, 0.1) is 18.3 Å². The molecule has 2 aliphatic carbocycles. The molecule has 0 aliphatic heterocycles. The molecule has 2 aromatic rings. The Morgan fingerprint density at radius 1 is 1.41 bits per heavy atom. The average Bonchev–Trinajstić information content (AvgIpc) is 3.04. The Balaban J connectivity index is 1.84. The lowest BCUT2D eigenvalue weighted by Crippen LogP contribution is -2.35. The summed E-state index contributed by atoms with van der Waals surface area (Å²) in [6.07, 6.45) is 0.481. The van der Waals surface area contributed by atoms with Crippen LogP contribution >= 0.6 is 0 Å². The van der Waals surface area contributed by atoms with Crippen molar-refractivity contribution in [3.8, 4) is 0 Å². The number of nitrogens with one attached hydrogen (secondary N) is 1. The molecule has 22 heavy (non-hydrogen) atoms. The summed E-state index contributed by atoms with van der Waals surface area (Å²) in [7, 11) is 1.77. The average molecular weight is 305 g/mol. The summed E-state index contributed by atoms with van der Waals surface area (Å²) < 4.78 is 1.81. The van der Waals surface area contributed by atoms with Crippen molar-refractivity contribution >= 4 is 17.0 Å². The van der Waals surface area contributed by atoms with Gasteiger partial charge >= 0.3 is 0 Å². The number of aliphatic hydroxyl groups is 3. The molecular weight excluding hydrogens is 286 g/mol. The highest BCUT2D eigenvalue weighted by Gasteiger charge is 2.71. The molecule has 2 saturated carbocycles. The Labute approximate surface area is 126 Å². The second kappa shape index (κ2) is 4.37. The largest absolute Gasteiger partial charge is 0.396 e. The molecule has 8 nitrogen and oxygen atoms in total. The molecule has 0 saturated heterocycles. The van der Waals surface area contributed by atoms with Crippen molar-refractivity contribution in [2.45, 2.75) is 31.6 Å². The van der Waals surface area contributed by atoms with E-state index in [4.69, 9.17) is 0 Å². The molecule has 4 rings (SSSR count). The van der Waals surface area contributed by atoms with Gasteiger partial charge in [-0.15, -0.1) is 0 Å². The monoisotopic (exact) mass is 305 g/mol. The van der Waals surface area contributed by atoms with Crippen LogP contribution in [0.1, 0.15) is 18.3 Å². The zero-order valence-corrected chi connectivity index (χ0v) is 12.4. The Hall–Kier alpha value is -1.77. The number of anilines is 1. The van der Waals surface area contributed by atoms with Gasteiger partial charge in [0.25, 0.3) is 0 Å². The summed E-state index contributed by atoms with van der Waals surface area (Å²) in [5, 5.41) is 33.3. The van der Waals surface area contributed by atoms with E-state index in [-0.39, 0.29) is 18.6 Å². The Morgan fingerprint density at radius 2 is 2.18 bits per heavy atom. The Bertz CT molecular complexity index is 747. The maximum Gasteiger partial charge on any atom is 0.166 e. The molecular formula is C14H19N5O3. The highest BCUT2D eigenvalue weighted by atomic mass is 16.3. The number of imidazole rings is 1. The van der Waals surface area contributed by atoms with E-state index in [2.05, 4.69) is 20.3 Å². The van der Waals surface area contributed by atoms with Crippen molar-refractivity contribution in [1.82, 2.24) is 19.5 Å². The van der Waals surface area contributed by atoms with E-state index in [1.807, 2.05) is 4.57 Å². The van der Waals surface area contributed by atoms with E-state index in [1.165, 1.54) is 0 Å². The van der Waals surface area contributed by atoms with E-state index in [9.17, 15) is 15.3 Å². The Kier molecular flexibility index (Phi) is 2.76. The molecule has 0 spiro atoms. The molecule has 4 N–H and O–H groups in total. The second-order valence-electron chi connectivity index (χ2n) is 6.32. The number of aromatic nitrogens is 4. The maximum absolute atomic E-state index is 10.4. The van der Waals surface area contributed by atoms with Crippen molar-refractivity contribution < 1.29 is 15.3 Å². The molecule has 8 heteroatoms. The van der Waals surface area contributed by atoms with Crippen LogP contribution < -0.4 is 5.32 Å². The van der Waals surface area contributed by atoms with Crippen LogP contribution in [0.3, 0.4) is 0 Å². The van der Waals surface area contributed by atoms with Gasteiger partial charge in [-0.25, -0.2) is 15.0 Å². The van der Waals surface area contributed by atoms with Crippen LogP contribution in [0.2, 0.25) is 0 Å². The van der Waals surface area contributed by atoms with Crippen LogP contribution in [0.4, 0.5) is 5.82 Å². The molecule has 2 aliphatic rings. The van der Waals surface area contributed by atoms with Crippen molar-refractivity contribution in [2.75, 3.05) is 19.0 Å². The van der Waals surface area contributed by atoms with Gasteiger partial charge in [0, 0.05) is 12.5 Å². The molecule has 2 fully saturated rings. The van der Waals surface area contributed by atoms with Crippen LogP contribution in [-0.4, -0.2) is 60.7 Å². The summed E-state index contributed by atoms with van der Waals surface area (Å²) in [5.41, 5.74) is 0.694. The number of fused-ring (bicyclic) bond motifs is 2. The van der Waals surface area contributed by atoms with Crippen molar-refractivity contribution in [3.05, 3.63) is 12.2 Å². The molecule has 118 valence electrons. The predicted octanol–water partition coefficient (Wildman–Crippen LogP) is -0.548. The first kappa shape index (κ1) is 13.9. The van der Waals surface area contributed by atoms with Gasteiger partial charge in [0.2, 0.25) is 0 Å². The summed E-state index contributed by atoms with van der Waals surface area (Å²) in [6, 6.07) is -0.328. The number of hydrogen-bond donors (Lipinski definition) is 4. The summed E-state index contributed by atoms with van der Waals surface area (Å²) >= 11 is 0. The normalized spacial score (nSPS) is 36.6. The molecule has 2 aromatic heterocycles. The third kappa shape index (κ3) is 1.54. The van der Waals surface area contributed by atoms with Crippen LogP contribution in [-0.2, 0) is 0 Å². The number of aliphatic hydroxyl groups excluding tert-OH is 3. The first-order valence-corrected chi connectivity index (χ1v) is 7.39. The van der Waals surface area contributed by atoms with Gasteiger partial charge in [0.1, 0.15) is 17.4 Å². The molecule has 5 atom stereocenters. The van der Waals surface area contributed by atoms with E-state index in [1.54, 1.807) is 20.3 Å². The third-order valence-corrected chi connectivity index (χ3v) is 5.24. The summed E-state index contributed by atoms with van der Waals surface area (Å²) in [5.74, 6) is 1.28. The second-order valence-corrected chi connectivity index (χ2v) is 6.32. The zero-order chi connectivity index (χ0) is 15.6. The fourth-order valence-electron chi connectivity index (χ4n) is 3.97. The van der Waals surface area contributed by atoms with Gasteiger partial charge in [0.05, 0.1) is 25.1 Å². The van der Waals surface area contributed by atoms with Gasteiger partial charge in [-0.1, -0.05) is 0 Å². The van der Waals surface area contributed by atoms with Gasteiger partial charge < -0.3 is 25.2 Å². The third-order valence-electron chi connectivity index (χ3n) is 5.24. The summed E-state index contributed by atoms with van der Waals surface area (Å²) in [4.78, 5) is 13.1. The number of hydrogen-bond acceptors (Lipinski definition) is 7. The number of nitrogens with zero attached hydrogens (tertiary/aromatic N) is 4. The van der Waals surface area contributed by atoms with Gasteiger partial charge in [0.15, 0.2) is 11.5 Å². The first-order valence-electron chi connectivity index (χ1n) is 7.39. The predicted molar refractivity (Wildman–Crippen MR) is 78.3 cm³/mol. The van der Waals surface area contributed by atoms with Crippen molar-refractivity contribution in [1.29, 1.82) is 0 Å². The zero-order valence-electron chi connectivity index (χ0n) is 12.4.